The summed E-state index contributed by atoms with van der Waals surface area (Å²) in [5.74, 6) is 0. The van der Waals surface area contributed by atoms with Crippen LogP contribution in [0.5, 0.6) is 0 Å². The molecule has 3 rings (SSSR count). The summed E-state index contributed by atoms with van der Waals surface area (Å²) in [7, 11) is -7.45. The van der Waals surface area contributed by atoms with Crippen molar-refractivity contribution in [1.82, 2.24) is 9.71 Å². The van der Waals surface area contributed by atoms with Gasteiger partial charge in [-0.3, -0.25) is 9.71 Å². The molecule has 1 fully saturated rings. The fourth-order valence-corrected chi connectivity index (χ4v) is 5.30. The number of aromatic nitrogens is 1. The second kappa shape index (κ2) is 7.73. The molecule has 0 spiro atoms. The summed E-state index contributed by atoms with van der Waals surface area (Å²) in [4.78, 5) is 3.88. The Hall–Kier alpha value is -1.97. The van der Waals surface area contributed by atoms with Crippen LogP contribution in [0.1, 0.15) is 32.1 Å². The molecule has 0 atom stereocenters. The van der Waals surface area contributed by atoms with E-state index in [-0.39, 0.29) is 15.8 Å². The Balaban J connectivity index is 1.75. The molecular weight excluding hydrogens is 374 g/mol. The van der Waals surface area contributed by atoms with Crippen molar-refractivity contribution in [3.8, 4) is 0 Å². The number of nitrogens with zero attached hydrogens (tertiary/aromatic N) is 1. The van der Waals surface area contributed by atoms with Crippen LogP contribution in [0.2, 0.25) is 0 Å². The number of pyridine rings is 1. The molecule has 0 aliphatic heterocycles. The Kier molecular flexibility index (Phi) is 5.59. The summed E-state index contributed by atoms with van der Waals surface area (Å²) in [6, 6.07) is 8.22. The molecule has 0 radical (unpaired) electrons. The van der Waals surface area contributed by atoms with E-state index in [1.165, 1.54) is 48.8 Å². The minimum absolute atomic E-state index is 0.00840. The topological polar surface area (TPSA) is 105 Å². The lowest BCUT2D eigenvalue weighted by molar-refractivity contribution is 0.412. The molecule has 0 bridgehead atoms. The van der Waals surface area contributed by atoms with Crippen molar-refractivity contribution in [1.29, 1.82) is 0 Å². The number of nitrogens with one attached hydrogen (secondary N) is 2. The molecule has 1 heterocycles. The van der Waals surface area contributed by atoms with Crippen LogP contribution in [0.25, 0.3) is 0 Å². The number of sulfonamides is 2. The van der Waals surface area contributed by atoms with Crippen LogP contribution in [-0.4, -0.2) is 27.9 Å². The van der Waals surface area contributed by atoms with E-state index in [4.69, 9.17) is 0 Å². The standard InChI is InChI=1S/C17H21N3O4S2/c21-25(22,19-14-4-2-1-3-5-14)16-6-8-17(9-7-16)26(23,24)20-15-10-12-18-13-11-15/h6-14,19H,1-5H2,(H,18,20). The molecule has 140 valence electrons. The van der Waals surface area contributed by atoms with Crippen LogP contribution in [0.4, 0.5) is 5.69 Å². The molecule has 1 saturated carbocycles. The molecule has 26 heavy (non-hydrogen) atoms. The average molecular weight is 396 g/mol. The lowest BCUT2D eigenvalue weighted by Crippen LogP contribution is -2.36. The van der Waals surface area contributed by atoms with Gasteiger partial charge in [0.1, 0.15) is 0 Å². The summed E-state index contributed by atoms with van der Waals surface area (Å²) >= 11 is 0. The van der Waals surface area contributed by atoms with Crippen molar-refractivity contribution in [3.63, 3.8) is 0 Å². The zero-order chi connectivity index (χ0) is 18.6. The maximum atomic E-state index is 12.5. The molecule has 1 aromatic heterocycles. The highest BCUT2D eigenvalue weighted by Gasteiger charge is 2.22. The molecule has 2 N–H and O–H groups in total. The van der Waals surface area contributed by atoms with Gasteiger partial charge in [0, 0.05) is 18.4 Å². The Morgan fingerprint density at radius 1 is 0.769 bits per heavy atom. The molecule has 0 saturated heterocycles. The summed E-state index contributed by atoms with van der Waals surface area (Å²) in [6.07, 6.45) is 7.79. The average Bonchev–Trinajstić information content (AvgIpc) is 2.63. The maximum absolute atomic E-state index is 12.5. The van der Waals surface area contributed by atoms with Gasteiger partial charge in [-0.2, -0.15) is 0 Å². The van der Waals surface area contributed by atoms with Crippen LogP contribution in [0.15, 0.2) is 58.6 Å². The predicted molar refractivity (Wildman–Crippen MR) is 98.7 cm³/mol. The molecule has 0 unspecified atom stereocenters. The monoisotopic (exact) mass is 395 g/mol. The van der Waals surface area contributed by atoms with Gasteiger partial charge >= 0.3 is 0 Å². The normalized spacial score (nSPS) is 16.3. The Morgan fingerprint density at radius 3 is 1.88 bits per heavy atom. The van der Waals surface area contributed by atoms with E-state index in [1.54, 1.807) is 0 Å². The largest absolute Gasteiger partial charge is 0.280 e. The van der Waals surface area contributed by atoms with Gasteiger partial charge < -0.3 is 0 Å². The second-order valence-electron chi connectivity index (χ2n) is 6.27. The SMILES string of the molecule is O=S(=O)(Nc1ccncc1)c1ccc(S(=O)(=O)NC2CCCCC2)cc1. The third-order valence-corrected chi connectivity index (χ3v) is 7.24. The van der Waals surface area contributed by atoms with Crippen molar-refractivity contribution in [2.75, 3.05) is 4.72 Å². The van der Waals surface area contributed by atoms with Crippen LogP contribution in [0, 0.1) is 0 Å². The number of hydrogen-bond donors (Lipinski definition) is 2. The van der Waals surface area contributed by atoms with Gasteiger partial charge in [-0.15, -0.1) is 0 Å². The number of benzene rings is 1. The summed E-state index contributed by atoms with van der Waals surface area (Å²) < 4.78 is 54.8. The lowest BCUT2D eigenvalue weighted by Gasteiger charge is -2.22. The van der Waals surface area contributed by atoms with E-state index in [9.17, 15) is 16.8 Å². The molecular formula is C17H21N3O4S2. The minimum atomic E-state index is -3.80. The van der Waals surface area contributed by atoms with Gasteiger partial charge in [-0.25, -0.2) is 21.6 Å². The molecule has 0 amide bonds. The first-order chi connectivity index (χ1) is 12.4. The minimum Gasteiger partial charge on any atom is -0.280 e. The van der Waals surface area contributed by atoms with E-state index < -0.39 is 20.0 Å². The lowest BCUT2D eigenvalue weighted by atomic mass is 9.96. The smallest absolute Gasteiger partial charge is 0.261 e. The molecule has 1 aliphatic carbocycles. The van der Waals surface area contributed by atoms with Crippen molar-refractivity contribution >= 4 is 25.7 Å². The Morgan fingerprint density at radius 2 is 1.31 bits per heavy atom. The van der Waals surface area contributed by atoms with Crippen molar-refractivity contribution in [3.05, 3.63) is 48.8 Å². The summed E-state index contributed by atoms with van der Waals surface area (Å²) in [6.45, 7) is 0. The molecule has 7 nitrogen and oxygen atoms in total. The van der Waals surface area contributed by atoms with E-state index in [2.05, 4.69) is 14.4 Å². The highest BCUT2D eigenvalue weighted by Crippen LogP contribution is 2.21. The van der Waals surface area contributed by atoms with Crippen LogP contribution < -0.4 is 9.44 Å². The third-order valence-electron chi connectivity index (χ3n) is 4.30. The first-order valence-electron chi connectivity index (χ1n) is 8.42. The fourth-order valence-electron chi connectivity index (χ4n) is 2.94. The van der Waals surface area contributed by atoms with Gasteiger partial charge in [0.05, 0.1) is 15.5 Å². The predicted octanol–water partition coefficient (Wildman–Crippen LogP) is 2.49. The Bertz CT molecular complexity index is 937. The van der Waals surface area contributed by atoms with Crippen molar-refractivity contribution < 1.29 is 16.8 Å². The fraction of sp³-hybridized carbons (Fsp3) is 0.353. The molecule has 2 aromatic rings. The van der Waals surface area contributed by atoms with E-state index in [0.717, 1.165) is 32.1 Å². The zero-order valence-electron chi connectivity index (χ0n) is 14.1. The number of rotatable bonds is 6. The van der Waals surface area contributed by atoms with Crippen LogP contribution in [0.3, 0.4) is 0 Å². The first-order valence-corrected chi connectivity index (χ1v) is 11.4. The summed E-state index contributed by atoms with van der Waals surface area (Å²) in [5, 5.41) is 0. The number of anilines is 1. The quantitative estimate of drug-likeness (QED) is 0.782. The van der Waals surface area contributed by atoms with Gasteiger partial charge in [0.2, 0.25) is 10.0 Å². The molecule has 9 heteroatoms. The van der Waals surface area contributed by atoms with E-state index >= 15 is 0 Å². The van der Waals surface area contributed by atoms with Gasteiger partial charge in [-0.05, 0) is 49.2 Å². The van der Waals surface area contributed by atoms with Crippen molar-refractivity contribution in [2.24, 2.45) is 0 Å². The molecule has 1 aromatic carbocycles. The third kappa shape index (κ3) is 4.60. The molecule has 1 aliphatic rings. The van der Waals surface area contributed by atoms with Crippen molar-refractivity contribution in [2.45, 2.75) is 47.9 Å². The first kappa shape index (κ1) is 18.8. The van der Waals surface area contributed by atoms with Crippen LogP contribution >= 0.6 is 0 Å². The van der Waals surface area contributed by atoms with E-state index in [1.807, 2.05) is 0 Å². The zero-order valence-corrected chi connectivity index (χ0v) is 15.8. The Labute approximate surface area is 154 Å². The second-order valence-corrected chi connectivity index (χ2v) is 9.67. The van der Waals surface area contributed by atoms with Gasteiger partial charge in [-0.1, -0.05) is 19.3 Å². The number of hydrogen-bond acceptors (Lipinski definition) is 5. The van der Waals surface area contributed by atoms with Gasteiger partial charge in [0.15, 0.2) is 0 Å². The van der Waals surface area contributed by atoms with E-state index in [0.29, 0.717) is 5.69 Å². The van der Waals surface area contributed by atoms with Crippen LogP contribution in [-0.2, 0) is 20.0 Å². The summed E-state index contributed by atoms with van der Waals surface area (Å²) in [5.41, 5.74) is 0.385. The highest BCUT2D eigenvalue weighted by molar-refractivity contribution is 7.92. The van der Waals surface area contributed by atoms with Gasteiger partial charge in [0.25, 0.3) is 10.0 Å². The maximum Gasteiger partial charge on any atom is 0.261 e. The highest BCUT2D eigenvalue weighted by atomic mass is 32.2.